The summed E-state index contributed by atoms with van der Waals surface area (Å²) >= 11 is 1.71. The maximum Gasteiger partial charge on any atom is 0.224 e. The van der Waals surface area contributed by atoms with Crippen LogP contribution >= 0.6 is 11.8 Å². The fourth-order valence-electron chi connectivity index (χ4n) is 6.71. The van der Waals surface area contributed by atoms with Gasteiger partial charge in [-0.15, -0.1) is 11.8 Å². The lowest BCUT2D eigenvalue weighted by molar-refractivity contribution is -0.245. The number of nitrogen functional groups attached to an aromatic ring is 1. The monoisotopic (exact) mass is 773 g/mol. The largest absolute Gasteiger partial charge is 0.496 e. The highest BCUT2D eigenvalue weighted by Crippen LogP contribution is 2.41. The Hall–Kier alpha value is -5.13. The van der Waals surface area contributed by atoms with Gasteiger partial charge in [0, 0.05) is 42.0 Å². The normalized spacial score (nSPS) is 16.6. The van der Waals surface area contributed by atoms with E-state index in [9.17, 15) is 14.7 Å². The minimum absolute atomic E-state index is 0.00691. The summed E-state index contributed by atoms with van der Waals surface area (Å²) in [5, 5.41) is 15.5. The first kappa shape index (κ1) is 40.5. The summed E-state index contributed by atoms with van der Waals surface area (Å²) in [5.41, 5.74) is 13.0. The zero-order chi connectivity index (χ0) is 39.1. The number of thioether (sulfide) groups is 1. The van der Waals surface area contributed by atoms with Gasteiger partial charge in [0.1, 0.15) is 5.75 Å². The minimum atomic E-state index is -0.581. The van der Waals surface area contributed by atoms with E-state index < -0.39 is 6.29 Å². The molecule has 56 heavy (non-hydrogen) atoms. The average Bonchev–Trinajstić information content (AvgIpc) is 3.24. The molecule has 5 aromatic carbocycles. The third-order valence-electron chi connectivity index (χ3n) is 9.81. The van der Waals surface area contributed by atoms with Gasteiger partial charge in [0.15, 0.2) is 6.29 Å². The zero-order valence-electron chi connectivity index (χ0n) is 31.8. The van der Waals surface area contributed by atoms with Crippen LogP contribution in [0, 0.1) is 0 Å². The average molecular weight is 774 g/mol. The molecule has 1 heterocycles. The SMILES string of the molecule is COc1ccccc1SC[C@H]1C[C@@H](c2ccc(CO)cc2)O[C@@H](c2cccc(-c3cccc(CNC(=O)CCCCCCC(=O)Nc4ccccc4N)c3)c2)O1. The Morgan fingerprint density at radius 3 is 2.25 bits per heavy atom. The number of unbranched alkanes of at least 4 members (excludes halogenated alkanes) is 3. The molecule has 0 radical (unpaired) electrons. The highest BCUT2D eigenvalue weighted by Gasteiger charge is 2.32. The fourth-order valence-corrected chi connectivity index (χ4v) is 7.75. The number of aliphatic hydroxyl groups excluding tert-OH is 1. The number of ether oxygens (including phenoxy) is 3. The standard InChI is InChI=1S/C46H51N3O6S/c1-53-41-18-8-9-19-43(41)56-31-38-28-42(34-24-22-32(30-50)23-25-34)55-46(54-38)37-15-11-14-36(27-37)35-13-10-12-33(26-35)29-48-44(51)20-4-2-3-5-21-45(52)49-40-17-7-6-16-39(40)47/h6-19,22-27,38,42,46,50H,2-5,20-21,28-31,47H2,1H3,(H,48,51)(H,49,52)/t38-,42+,46+/m1/s1. The number of benzene rings is 5. The highest BCUT2D eigenvalue weighted by molar-refractivity contribution is 7.99. The molecule has 1 saturated heterocycles. The maximum atomic E-state index is 12.7. The van der Waals surface area contributed by atoms with Crippen LogP contribution in [0.4, 0.5) is 11.4 Å². The van der Waals surface area contributed by atoms with Crippen molar-refractivity contribution in [2.24, 2.45) is 0 Å². The second kappa shape index (κ2) is 20.7. The lowest BCUT2D eigenvalue weighted by Crippen LogP contribution is -2.31. The van der Waals surface area contributed by atoms with E-state index in [1.165, 1.54) is 0 Å². The molecule has 0 bridgehead atoms. The van der Waals surface area contributed by atoms with Crippen LogP contribution in [-0.2, 0) is 32.2 Å². The summed E-state index contributed by atoms with van der Waals surface area (Å²) in [5.74, 6) is 1.53. The molecular formula is C46H51N3O6S. The van der Waals surface area contributed by atoms with Crippen LogP contribution in [0.2, 0.25) is 0 Å². The quantitative estimate of drug-likeness (QED) is 0.0394. The molecule has 0 aromatic heterocycles. The highest BCUT2D eigenvalue weighted by atomic mass is 32.2. The van der Waals surface area contributed by atoms with Crippen LogP contribution < -0.4 is 21.1 Å². The Morgan fingerprint density at radius 2 is 1.48 bits per heavy atom. The number of nitrogens with two attached hydrogens (primary N) is 1. The number of anilines is 2. The van der Waals surface area contributed by atoms with Gasteiger partial charge in [-0.05, 0) is 77.1 Å². The van der Waals surface area contributed by atoms with Crippen molar-refractivity contribution >= 4 is 35.0 Å². The van der Waals surface area contributed by atoms with Crippen LogP contribution in [0.5, 0.6) is 5.75 Å². The summed E-state index contributed by atoms with van der Waals surface area (Å²) in [6, 6.07) is 39.6. The number of methoxy groups -OCH3 is 1. The number of nitrogens with one attached hydrogen (secondary N) is 2. The van der Waals surface area contributed by atoms with Gasteiger partial charge >= 0.3 is 0 Å². The first-order valence-corrected chi connectivity index (χ1v) is 20.2. The predicted octanol–water partition coefficient (Wildman–Crippen LogP) is 9.37. The van der Waals surface area contributed by atoms with Gasteiger partial charge in [0.25, 0.3) is 0 Å². The molecule has 1 aliphatic rings. The molecule has 0 unspecified atom stereocenters. The molecule has 0 aliphatic carbocycles. The van der Waals surface area contributed by atoms with Gasteiger partial charge < -0.3 is 35.7 Å². The summed E-state index contributed by atoms with van der Waals surface area (Å²) in [4.78, 5) is 26.0. The number of para-hydroxylation sites is 3. The van der Waals surface area contributed by atoms with Crippen LogP contribution in [0.1, 0.15) is 79.6 Å². The van der Waals surface area contributed by atoms with E-state index in [0.717, 1.165) is 75.5 Å². The number of amides is 2. The van der Waals surface area contributed by atoms with E-state index in [0.29, 0.717) is 37.2 Å². The number of hydrogen-bond donors (Lipinski definition) is 4. The van der Waals surface area contributed by atoms with Crippen molar-refractivity contribution in [1.29, 1.82) is 0 Å². The van der Waals surface area contributed by atoms with E-state index >= 15 is 0 Å². The summed E-state index contributed by atoms with van der Waals surface area (Å²) in [6.45, 7) is 0.430. The van der Waals surface area contributed by atoms with Crippen molar-refractivity contribution in [3.05, 3.63) is 144 Å². The van der Waals surface area contributed by atoms with Crippen molar-refractivity contribution in [3.63, 3.8) is 0 Å². The molecule has 10 heteroatoms. The van der Waals surface area contributed by atoms with Crippen LogP contribution in [-0.4, -0.2) is 35.9 Å². The van der Waals surface area contributed by atoms with E-state index in [-0.39, 0.29) is 30.6 Å². The molecule has 292 valence electrons. The predicted molar refractivity (Wildman–Crippen MR) is 223 cm³/mol. The second-order valence-corrected chi connectivity index (χ2v) is 15.0. The summed E-state index contributed by atoms with van der Waals surface area (Å²) in [7, 11) is 1.69. The molecule has 0 saturated carbocycles. The Morgan fingerprint density at radius 1 is 0.768 bits per heavy atom. The first-order chi connectivity index (χ1) is 27.4. The van der Waals surface area contributed by atoms with Crippen LogP contribution in [0.25, 0.3) is 11.1 Å². The van der Waals surface area contributed by atoms with Crippen molar-refractivity contribution in [2.75, 3.05) is 23.9 Å². The molecule has 5 aromatic rings. The van der Waals surface area contributed by atoms with Crippen molar-refractivity contribution < 1.29 is 28.9 Å². The topological polar surface area (TPSA) is 132 Å². The smallest absolute Gasteiger partial charge is 0.224 e. The number of aliphatic hydroxyl groups is 1. The number of hydrogen-bond acceptors (Lipinski definition) is 8. The third kappa shape index (κ3) is 11.7. The Bertz CT molecular complexity index is 2040. The first-order valence-electron chi connectivity index (χ1n) is 19.2. The Kier molecular flexibility index (Phi) is 15.0. The molecule has 9 nitrogen and oxygen atoms in total. The van der Waals surface area contributed by atoms with E-state index in [1.807, 2.05) is 78.9 Å². The number of carbonyl (C=O) groups excluding carboxylic acids is 2. The third-order valence-corrected chi connectivity index (χ3v) is 11.0. The molecule has 2 amide bonds. The molecule has 1 fully saturated rings. The Labute approximate surface area is 334 Å². The van der Waals surface area contributed by atoms with Gasteiger partial charge in [0.2, 0.25) is 11.8 Å². The molecule has 0 spiro atoms. The molecule has 3 atom stereocenters. The van der Waals surface area contributed by atoms with Crippen molar-refractivity contribution in [2.45, 2.75) is 81.5 Å². The summed E-state index contributed by atoms with van der Waals surface area (Å²) in [6.07, 6.45) is 3.99. The van der Waals surface area contributed by atoms with Gasteiger partial charge in [-0.1, -0.05) is 97.8 Å². The Balaban J connectivity index is 1.02. The van der Waals surface area contributed by atoms with E-state index in [1.54, 1.807) is 31.0 Å². The second-order valence-electron chi connectivity index (χ2n) is 14.0. The van der Waals surface area contributed by atoms with Gasteiger partial charge in [-0.2, -0.15) is 0 Å². The van der Waals surface area contributed by atoms with E-state index in [4.69, 9.17) is 19.9 Å². The lowest BCUT2D eigenvalue weighted by Gasteiger charge is -2.36. The number of rotatable bonds is 18. The van der Waals surface area contributed by atoms with Crippen molar-refractivity contribution in [3.8, 4) is 16.9 Å². The zero-order valence-corrected chi connectivity index (χ0v) is 32.6. The van der Waals surface area contributed by atoms with E-state index in [2.05, 4.69) is 41.0 Å². The van der Waals surface area contributed by atoms with Gasteiger partial charge in [0.05, 0.1) is 37.3 Å². The van der Waals surface area contributed by atoms with Crippen LogP contribution in [0.15, 0.2) is 126 Å². The summed E-state index contributed by atoms with van der Waals surface area (Å²) < 4.78 is 18.9. The molecule has 1 aliphatic heterocycles. The van der Waals surface area contributed by atoms with Gasteiger partial charge in [-0.3, -0.25) is 9.59 Å². The lowest BCUT2D eigenvalue weighted by atomic mass is 9.99. The van der Waals surface area contributed by atoms with Crippen molar-refractivity contribution in [1.82, 2.24) is 5.32 Å². The molecule has 6 rings (SSSR count). The van der Waals surface area contributed by atoms with Gasteiger partial charge in [-0.25, -0.2) is 0 Å². The molecular weight excluding hydrogens is 723 g/mol. The number of carbonyl (C=O) groups is 2. The minimum Gasteiger partial charge on any atom is -0.496 e. The van der Waals surface area contributed by atoms with Crippen LogP contribution in [0.3, 0.4) is 0 Å². The molecule has 5 N–H and O–H groups in total. The maximum absolute atomic E-state index is 12.7. The fraction of sp³-hybridized carbons (Fsp3) is 0.304.